The number of nitrogens with two attached hydrogens (primary N) is 1. The zero-order chi connectivity index (χ0) is 16.2. The summed E-state index contributed by atoms with van der Waals surface area (Å²) in [7, 11) is 1.76. The van der Waals surface area contributed by atoms with Crippen molar-refractivity contribution in [3.63, 3.8) is 0 Å². The number of carbonyl (C=O) groups is 2. The second-order valence-electron chi connectivity index (χ2n) is 6.84. The highest BCUT2D eigenvalue weighted by Gasteiger charge is 2.33. The maximum atomic E-state index is 12.1. The Morgan fingerprint density at radius 1 is 1.29 bits per heavy atom. The lowest BCUT2D eigenvalue weighted by Gasteiger charge is -2.39. The lowest BCUT2D eigenvalue weighted by atomic mass is 9.89. The van der Waals surface area contributed by atoms with Crippen LogP contribution in [0.1, 0.15) is 53.4 Å². The number of hydrogen-bond acceptors (Lipinski definition) is 4. The van der Waals surface area contributed by atoms with Gasteiger partial charge in [-0.1, -0.05) is 12.8 Å². The first-order valence-electron chi connectivity index (χ1n) is 7.63. The van der Waals surface area contributed by atoms with E-state index in [-0.39, 0.29) is 18.0 Å². The van der Waals surface area contributed by atoms with Crippen molar-refractivity contribution in [1.82, 2.24) is 10.2 Å². The number of ether oxygens (including phenoxy) is 1. The number of carbonyl (C=O) groups excluding carboxylic acids is 2. The quantitative estimate of drug-likeness (QED) is 0.829. The van der Waals surface area contributed by atoms with Gasteiger partial charge in [0.25, 0.3) is 0 Å². The lowest BCUT2D eigenvalue weighted by Crippen LogP contribution is -2.56. The Bertz CT molecular complexity index is 377. The minimum absolute atomic E-state index is 0.0234. The number of likely N-dealkylation sites (N-methyl/N-ethyl adjacent to an activating group) is 1. The van der Waals surface area contributed by atoms with Crippen LogP contribution in [-0.2, 0) is 9.53 Å². The van der Waals surface area contributed by atoms with E-state index in [1.165, 1.54) is 0 Å². The molecule has 6 heteroatoms. The summed E-state index contributed by atoms with van der Waals surface area (Å²) in [5, 5.41) is 2.90. The monoisotopic (exact) mass is 299 g/mol. The molecule has 1 aliphatic rings. The molecule has 1 saturated carbocycles. The van der Waals surface area contributed by atoms with Crippen LogP contribution in [0, 0.1) is 0 Å². The van der Waals surface area contributed by atoms with E-state index in [1.807, 2.05) is 20.8 Å². The molecule has 3 atom stereocenters. The number of hydrogen-bond donors (Lipinski definition) is 2. The van der Waals surface area contributed by atoms with Crippen LogP contribution in [-0.4, -0.2) is 47.7 Å². The highest BCUT2D eigenvalue weighted by atomic mass is 16.6. The molecule has 0 aliphatic heterocycles. The van der Waals surface area contributed by atoms with E-state index >= 15 is 0 Å². The van der Waals surface area contributed by atoms with E-state index in [0.29, 0.717) is 0 Å². The maximum Gasteiger partial charge on any atom is 0.407 e. The fraction of sp³-hybridized carbons (Fsp3) is 0.867. The molecule has 0 aromatic heterocycles. The summed E-state index contributed by atoms with van der Waals surface area (Å²) in [5.74, 6) is -0.0992. The third kappa shape index (κ3) is 5.53. The van der Waals surface area contributed by atoms with Gasteiger partial charge in [0, 0.05) is 7.05 Å². The van der Waals surface area contributed by atoms with Crippen LogP contribution in [0.3, 0.4) is 0 Å². The lowest BCUT2D eigenvalue weighted by molar-refractivity contribution is -0.134. The summed E-state index contributed by atoms with van der Waals surface area (Å²) < 4.78 is 5.30. The Balaban J connectivity index is 2.69. The highest BCUT2D eigenvalue weighted by Crippen LogP contribution is 2.23. The SMILES string of the molecule is C[C@H](N)C(=O)N(C)[C@@H]1CCCC[C@H]1NC(=O)OC(C)(C)C. The molecule has 0 spiro atoms. The molecule has 0 bridgehead atoms. The molecule has 0 saturated heterocycles. The van der Waals surface area contributed by atoms with Crippen molar-refractivity contribution in [1.29, 1.82) is 0 Å². The van der Waals surface area contributed by atoms with E-state index in [0.717, 1.165) is 25.7 Å². The molecule has 122 valence electrons. The Morgan fingerprint density at radius 2 is 1.86 bits per heavy atom. The smallest absolute Gasteiger partial charge is 0.407 e. The molecular formula is C15H29N3O3. The first-order chi connectivity index (χ1) is 9.61. The number of amides is 2. The minimum atomic E-state index is -0.529. The van der Waals surface area contributed by atoms with Gasteiger partial charge in [-0.05, 0) is 40.5 Å². The van der Waals surface area contributed by atoms with Crippen molar-refractivity contribution in [2.24, 2.45) is 5.73 Å². The van der Waals surface area contributed by atoms with Crippen LogP contribution >= 0.6 is 0 Å². The van der Waals surface area contributed by atoms with Crippen molar-refractivity contribution >= 4 is 12.0 Å². The average Bonchev–Trinajstić information content (AvgIpc) is 2.35. The van der Waals surface area contributed by atoms with E-state index in [4.69, 9.17) is 10.5 Å². The van der Waals surface area contributed by atoms with Crippen LogP contribution in [0.15, 0.2) is 0 Å². The molecule has 2 amide bonds. The largest absolute Gasteiger partial charge is 0.444 e. The Kier molecular flexibility index (Phi) is 6.01. The average molecular weight is 299 g/mol. The topological polar surface area (TPSA) is 84.7 Å². The van der Waals surface area contributed by atoms with Gasteiger partial charge in [-0.3, -0.25) is 4.79 Å². The number of alkyl carbamates (subject to hydrolysis) is 1. The number of rotatable bonds is 3. The van der Waals surface area contributed by atoms with Gasteiger partial charge in [-0.15, -0.1) is 0 Å². The van der Waals surface area contributed by atoms with Crippen LogP contribution in [0.25, 0.3) is 0 Å². The second-order valence-corrected chi connectivity index (χ2v) is 6.84. The standard InChI is InChI=1S/C15H29N3O3/c1-10(16)13(19)18(5)12-9-7-6-8-11(12)17-14(20)21-15(2,3)4/h10-12H,6-9,16H2,1-5H3,(H,17,20)/t10-,11+,12+/m0/s1. The molecule has 1 fully saturated rings. The molecule has 3 N–H and O–H groups in total. The van der Waals surface area contributed by atoms with Gasteiger partial charge in [-0.2, -0.15) is 0 Å². The Hall–Kier alpha value is -1.30. The molecule has 0 unspecified atom stereocenters. The normalized spacial score (nSPS) is 24.1. The van der Waals surface area contributed by atoms with Crippen molar-refractivity contribution in [3.05, 3.63) is 0 Å². The predicted molar refractivity (Wildman–Crippen MR) is 81.8 cm³/mol. The van der Waals surface area contributed by atoms with Crippen LogP contribution in [0.5, 0.6) is 0 Å². The van der Waals surface area contributed by atoms with Gasteiger partial charge in [0.05, 0.1) is 18.1 Å². The zero-order valence-electron chi connectivity index (χ0n) is 13.8. The summed E-state index contributed by atoms with van der Waals surface area (Å²) in [6.07, 6.45) is 3.38. The summed E-state index contributed by atoms with van der Waals surface area (Å²) in [6.45, 7) is 7.17. The van der Waals surface area contributed by atoms with E-state index in [2.05, 4.69) is 5.32 Å². The summed E-state index contributed by atoms with van der Waals surface area (Å²) >= 11 is 0. The van der Waals surface area contributed by atoms with Crippen molar-refractivity contribution in [3.8, 4) is 0 Å². The summed E-state index contributed by atoms with van der Waals surface area (Å²) in [5.41, 5.74) is 5.14. The number of nitrogens with one attached hydrogen (secondary N) is 1. The van der Waals surface area contributed by atoms with E-state index in [9.17, 15) is 9.59 Å². The van der Waals surface area contributed by atoms with Crippen molar-refractivity contribution in [2.75, 3.05) is 7.05 Å². The molecular weight excluding hydrogens is 270 g/mol. The Morgan fingerprint density at radius 3 is 2.38 bits per heavy atom. The second kappa shape index (κ2) is 7.11. The predicted octanol–water partition coefficient (Wildman–Crippen LogP) is 1.63. The van der Waals surface area contributed by atoms with Gasteiger partial charge in [0.2, 0.25) is 5.91 Å². The zero-order valence-corrected chi connectivity index (χ0v) is 13.8. The van der Waals surface area contributed by atoms with E-state index < -0.39 is 17.7 Å². The third-order valence-electron chi connectivity index (χ3n) is 3.67. The van der Waals surface area contributed by atoms with Crippen LogP contribution in [0.4, 0.5) is 4.79 Å². The van der Waals surface area contributed by atoms with Gasteiger partial charge in [-0.25, -0.2) is 4.79 Å². The fourth-order valence-electron chi connectivity index (χ4n) is 2.69. The molecule has 21 heavy (non-hydrogen) atoms. The molecule has 6 nitrogen and oxygen atoms in total. The van der Waals surface area contributed by atoms with Crippen molar-refractivity contribution < 1.29 is 14.3 Å². The summed E-state index contributed by atoms with van der Waals surface area (Å²) in [4.78, 5) is 25.7. The summed E-state index contributed by atoms with van der Waals surface area (Å²) in [6, 6.07) is -0.634. The van der Waals surface area contributed by atoms with Gasteiger partial charge < -0.3 is 20.7 Å². The molecule has 1 rings (SSSR count). The maximum absolute atomic E-state index is 12.1. The minimum Gasteiger partial charge on any atom is -0.444 e. The first kappa shape index (κ1) is 17.8. The van der Waals surface area contributed by atoms with Crippen LogP contribution in [0.2, 0.25) is 0 Å². The third-order valence-corrected chi connectivity index (χ3v) is 3.67. The first-order valence-corrected chi connectivity index (χ1v) is 7.63. The molecule has 0 radical (unpaired) electrons. The Labute approximate surface area is 127 Å². The van der Waals surface area contributed by atoms with Gasteiger partial charge in [0.1, 0.15) is 5.60 Å². The number of nitrogens with zero attached hydrogens (tertiary/aromatic N) is 1. The molecule has 0 heterocycles. The highest BCUT2D eigenvalue weighted by molar-refractivity contribution is 5.81. The molecule has 0 aromatic rings. The van der Waals surface area contributed by atoms with Crippen molar-refractivity contribution in [2.45, 2.75) is 77.1 Å². The molecule has 0 aromatic carbocycles. The van der Waals surface area contributed by atoms with Gasteiger partial charge in [0.15, 0.2) is 0 Å². The molecule has 1 aliphatic carbocycles. The van der Waals surface area contributed by atoms with Crippen LogP contribution < -0.4 is 11.1 Å². The fourth-order valence-corrected chi connectivity index (χ4v) is 2.69. The van der Waals surface area contributed by atoms with E-state index in [1.54, 1.807) is 18.9 Å². The van der Waals surface area contributed by atoms with Gasteiger partial charge >= 0.3 is 6.09 Å².